The molecule has 4 rings (SSSR count). The number of carboxylic acids is 1. The van der Waals surface area contributed by atoms with Crippen LogP contribution in [0.3, 0.4) is 0 Å². The van der Waals surface area contributed by atoms with Gasteiger partial charge in [0.25, 0.3) is 10.0 Å². The number of para-hydroxylation sites is 1. The number of carbonyl (C=O) groups is 2. The Morgan fingerprint density at radius 2 is 1.61 bits per heavy atom. The van der Waals surface area contributed by atoms with Crippen molar-refractivity contribution in [3.05, 3.63) is 83.9 Å². The molecule has 3 aromatic carbocycles. The topological polar surface area (TPSA) is 104 Å². The van der Waals surface area contributed by atoms with Crippen molar-refractivity contribution in [2.45, 2.75) is 42.8 Å². The van der Waals surface area contributed by atoms with Gasteiger partial charge in [0.2, 0.25) is 5.91 Å². The average molecular weight is 547 g/mol. The second-order valence-corrected chi connectivity index (χ2v) is 10.7. The molecule has 0 fully saturated rings. The molecule has 7 nitrogen and oxygen atoms in total. The van der Waals surface area contributed by atoms with Gasteiger partial charge in [-0.15, -0.1) is 0 Å². The van der Waals surface area contributed by atoms with Crippen LogP contribution in [-0.2, 0) is 32.2 Å². The number of amides is 1. The van der Waals surface area contributed by atoms with Crippen molar-refractivity contribution in [2.75, 3.05) is 10.8 Å². The Labute approximate surface area is 218 Å². The number of benzene rings is 3. The Bertz CT molecular complexity index is 1440. The summed E-state index contributed by atoms with van der Waals surface area (Å²) in [5.74, 6) is -1.46. The van der Waals surface area contributed by atoms with Crippen molar-refractivity contribution in [3.63, 3.8) is 0 Å². The lowest BCUT2D eigenvalue weighted by molar-refractivity contribution is -0.138. The highest BCUT2D eigenvalue weighted by Crippen LogP contribution is 2.39. The van der Waals surface area contributed by atoms with Crippen molar-refractivity contribution in [1.82, 2.24) is 5.32 Å². The molecule has 3 aromatic rings. The van der Waals surface area contributed by atoms with Gasteiger partial charge < -0.3 is 10.4 Å². The molecule has 2 N–H and O–H groups in total. The van der Waals surface area contributed by atoms with E-state index in [9.17, 15) is 31.2 Å². The van der Waals surface area contributed by atoms with Crippen LogP contribution in [0.5, 0.6) is 0 Å². The summed E-state index contributed by atoms with van der Waals surface area (Å²) in [6.45, 7) is 0.195. The second-order valence-electron chi connectivity index (χ2n) is 8.86. The summed E-state index contributed by atoms with van der Waals surface area (Å²) < 4.78 is 68.9. The number of hydrogen-bond donors (Lipinski definition) is 2. The number of unbranched alkanes of at least 4 members (excludes halogenated alkanes) is 1. The number of anilines is 1. The van der Waals surface area contributed by atoms with E-state index >= 15 is 0 Å². The summed E-state index contributed by atoms with van der Waals surface area (Å²) in [7, 11) is -4.26. The van der Waals surface area contributed by atoms with E-state index in [4.69, 9.17) is 5.11 Å². The fourth-order valence-electron chi connectivity index (χ4n) is 4.49. The minimum Gasteiger partial charge on any atom is -0.481 e. The Hall–Kier alpha value is -3.86. The predicted molar refractivity (Wildman–Crippen MR) is 135 cm³/mol. The maximum atomic E-state index is 13.7. The third kappa shape index (κ3) is 5.67. The van der Waals surface area contributed by atoms with Gasteiger partial charge >= 0.3 is 12.1 Å². The standard InChI is InChI=1S/C27H25F3N2O5S/c28-27(29,30)22-9-3-2-8-21(22)18-12-14-20(15-13-18)38(36,37)32-23-10-4-1-7-19(23)17-24(32)26(35)31-16-6-5-11-25(33)34/h1-4,7-10,12-15,24H,5-6,11,16-17H2,(H,31,35)(H,33,34)/t24-/m0/s1. The number of halogens is 3. The quantitative estimate of drug-likeness (QED) is 0.373. The molecule has 1 aliphatic heterocycles. The minimum absolute atomic E-state index is 0.0331. The Morgan fingerprint density at radius 3 is 2.29 bits per heavy atom. The lowest BCUT2D eigenvalue weighted by atomic mass is 9.99. The van der Waals surface area contributed by atoms with Gasteiger partial charge in [-0.1, -0.05) is 48.5 Å². The number of aliphatic carboxylic acids is 1. The van der Waals surface area contributed by atoms with Crippen LogP contribution in [0.25, 0.3) is 11.1 Å². The zero-order valence-electron chi connectivity index (χ0n) is 20.1. The Morgan fingerprint density at radius 1 is 0.947 bits per heavy atom. The van der Waals surface area contributed by atoms with E-state index in [0.29, 0.717) is 24.1 Å². The smallest absolute Gasteiger partial charge is 0.417 e. The number of nitrogens with zero attached hydrogens (tertiary/aromatic N) is 1. The number of rotatable bonds is 9. The average Bonchev–Trinajstić information content (AvgIpc) is 3.28. The van der Waals surface area contributed by atoms with Crippen LogP contribution in [0.2, 0.25) is 0 Å². The maximum Gasteiger partial charge on any atom is 0.417 e. The van der Waals surface area contributed by atoms with Crippen LogP contribution in [0, 0.1) is 0 Å². The maximum absolute atomic E-state index is 13.7. The number of alkyl halides is 3. The van der Waals surface area contributed by atoms with Gasteiger partial charge in [0.15, 0.2) is 0 Å². The van der Waals surface area contributed by atoms with E-state index in [1.54, 1.807) is 24.3 Å². The Kier molecular flexibility index (Phi) is 7.77. The summed E-state index contributed by atoms with van der Waals surface area (Å²) in [5.41, 5.74) is 0.317. The molecular formula is C27H25F3N2O5S. The summed E-state index contributed by atoms with van der Waals surface area (Å²) in [4.78, 5) is 23.5. The zero-order valence-corrected chi connectivity index (χ0v) is 20.9. The first kappa shape index (κ1) is 27.2. The van der Waals surface area contributed by atoms with Crippen molar-refractivity contribution in [3.8, 4) is 11.1 Å². The zero-order chi connectivity index (χ0) is 27.5. The van der Waals surface area contributed by atoms with Gasteiger partial charge in [0.05, 0.1) is 16.1 Å². The molecule has 0 spiro atoms. The molecular weight excluding hydrogens is 521 g/mol. The lowest BCUT2D eigenvalue weighted by Crippen LogP contribution is -2.48. The summed E-state index contributed by atoms with van der Waals surface area (Å²) in [6.07, 6.45) is -3.67. The molecule has 1 heterocycles. The first-order valence-electron chi connectivity index (χ1n) is 11.9. The first-order chi connectivity index (χ1) is 18.0. The number of carbonyl (C=O) groups excluding carboxylic acids is 1. The molecule has 1 atom stereocenters. The Balaban J connectivity index is 1.61. The molecule has 200 valence electrons. The third-order valence-corrected chi connectivity index (χ3v) is 8.14. The molecule has 0 aromatic heterocycles. The van der Waals surface area contributed by atoms with Crippen LogP contribution in [0.4, 0.5) is 18.9 Å². The number of fused-ring (bicyclic) bond motifs is 1. The van der Waals surface area contributed by atoms with Gasteiger partial charge in [0, 0.05) is 19.4 Å². The van der Waals surface area contributed by atoms with Gasteiger partial charge in [-0.3, -0.25) is 13.9 Å². The monoisotopic (exact) mass is 546 g/mol. The third-order valence-electron chi connectivity index (χ3n) is 6.30. The van der Waals surface area contributed by atoms with Gasteiger partial charge in [0.1, 0.15) is 6.04 Å². The van der Waals surface area contributed by atoms with E-state index in [1.807, 2.05) is 0 Å². The summed E-state index contributed by atoms with van der Waals surface area (Å²) in [5, 5.41) is 11.4. The number of carboxylic acid groups (broad SMARTS) is 1. The molecule has 0 bridgehead atoms. The molecule has 0 aliphatic carbocycles. The van der Waals surface area contributed by atoms with Gasteiger partial charge in [-0.05, 0) is 53.8 Å². The fourth-order valence-corrected chi connectivity index (χ4v) is 6.14. The number of nitrogens with one attached hydrogen (secondary N) is 1. The predicted octanol–water partition coefficient (Wildman–Crippen LogP) is 4.86. The molecule has 0 saturated heterocycles. The number of hydrogen-bond acceptors (Lipinski definition) is 4. The first-order valence-corrected chi connectivity index (χ1v) is 13.3. The molecule has 11 heteroatoms. The van der Waals surface area contributed by atoms with Gasteiger partial charge in [-0.25, -0.2) is 8.42 Å². The van der Waals surface area contributed by atoms with Crippen LogP contribution < -0.4 is 9.62 Å². The van der Waals surface area contributed by atoms with Crippen LogP contribution in [0.15, 0.2) is 77.7 Å². The van der Waals surface area contributed by atoms with Crippen molar-refractivity contribution < 1.29 is 36.3 Å². The van der Waals surface area contributed by atoms with E-state index < -0.39 is 39.7 Å². The molecule has 1 amide bonds. The van der Waals surface area contributed by atoms with Crippen LogP contribution in [0.1, 0.15) is 30.4 Å². The lowest BCUT2D eigenvalue weighted by Gasteiger charge is -2.26. The molecule has 38 heavy (non-hydrogen) atoms. The second kappa shape index (κ2) is 10.9. The largest absolute Gasteiger partial charge is 0.481 e. The van der Waals surface area contributed by atoms with E-state index in [-0.39, 0.29) is 35.4 Å². The van der Waals surface area contributed by atoms with Crippen LogP contribution >= 0.6 is 0 Å². The van der Waals surface area contributed by atoms with E-state index in [1.165, 1.54) is 42.5 Å². The molecule has 1 aliphatic rings. The summed E-state index contributed by atoms with van der Waals surface area (Å²) >= 11 is 0. The normalized spacial score (nSPS) is 15.2. The minimum atomic E-state index is -4.57. The SMILES string of the molecule is O=C(O)CCCCNC(=O)[C@@H]1Cc2ccccc2N1S(=O)(=O)c1ccc(-c2ccccc2C(F)(F)F)cc1. The van der Waals surface area contributed by atoms with Crippen molar-refractivity contribution in [2.24, 2.45) is 0 Å². The summed E-state index contributed by atoms with van der Waals surface area (Å²) in [6, 6.07) is 15.8. The fraction of sp³-hybridized carbons (Fsp3) is 0.259. The highest BCUT2D eigenvalue weighted by Gasteiger charge is 2.42. The molecule has 0 saturated carbocycles. The van der Waals surface area contributed by atoms with Crippen molar-refractivity contribution in [1.29, 1.82) is 0 Å². The van der Waals surface area contributed by atoms with E-state index in [0.717, 1.165) is 10.4 Å². The van der Waals surface area contributed by atoms with Gasteiger partial charge in [-0.2, -0.15) is 13.2 Å². The highest BCUT2D eigenvalue weighted by molar-refractivity contribution is 7.93. The van der Waals surface area contributed by atoms with Crippen LogP contribution in [-0.4, -0.2) is 38.0 Å². The van der Waals surface area contributed by atoms with E-state index in [2.05, 4.69) is 5.32 Å². The number of sulfonamides is 1. The molecule has 0 radical (unpaired) electrons. The van der Waals surface area contributed by atoms with Crippen molar-refractivity contribution >= 4 is 27.6 Å². The highest BCUT2D eigenvalue weighted by atomic mass is 32.2. The molecule has 0 unspecified atom stereocenters.